The van der Waals surface area contributed by atoms with E-state index in [1.807, 2.05) is 41.2 Å². The molecule has 4 aromatic rings. The summed E-state index contributed by atoms with van der Waals surface area (Å²) in [4.78, 5) is 8.15. The summed E-state index contributed by atoms with van der Waals surface area (Å²) in [5.74, 6) is 1.71. The van der Waals surface area contributed by atoms with Crippen molar-refractivity contribution in [3.05, 3.63) is 66.0 Å². The number of aryl methyl sites for hydroxylation is 1. The quantitative estimate of drug-likeness (QED) is 0.623. The molecule has 5 heteroatoms. The topological polar surface area (TPSA) is 55.7 Å². The molecule has 0 saturated carbocycles. The maximum atomic E-state index is 5.49. The van der Waals surface area contributed by atoms with Crippen molar-refractivity contribution >= 4 is 11.0 Å². The maximum absolute atomic E-state index is 5.49. The first-order chi connectivity index (χ1) is 11.7. The monoisotopic (exact) mass is 318 g/mol. The molecular weight excluding hydrogens is 300 g/mol. The van der Waals surface area contributed by atoms with Crippen LogP contribution in [0.4, 0.5) is 0 Å². The van der Waals surface area contributed by atoms with Crippen LogP contribution in [-0.4, -0.2) is 26.9 Å². The molecule has 0 aliphatic heterocycles. The molecule has 0 saturated heterocycles. The first kappa shape index (κ1) is 14.5. The van der Waals surface area contributed by atoms with E-state index in [1.54, 1.807) is 13.3 Å². The van der Waals surface area contributed by atoms with E-state index in [2.05, 4.69) is 29.1 Å². The molecule has 2 aromatic carbocycles. The highest BCUT2D eigenvalue weighted by molar-refractivity contribution is 5.82. The van der Waals surface area contributed by atoms with Crippen LogP contribution in [0.2, 0.25) is 0 Å². The summed E-state index contributed by atoms with van der Waals surface area (Å²) in [6, 6.07) is 14.2. The van der Waals surface area contributed by atoms with Crippen LogP contribution in [0.3, 0.4) is 0 Å². The standard InChI is InChI=1S/C19H18N4O/c1-13-5-3-6-16-18(13)22-19(21-16)14-7-8-17(24-2)15(11-14)12-23-10-4-9-20-23/h3-11H,12H2,1-2H3,(H,21,22). The van der Waals surface area contributed by atoms with E-state index in [-0.39, 0.29) is 0 Å². The fraction of sp³-hybridized carbons (Fsp3) is 0.158. The highest BCUT2D eigenvalue weighted by Crippen LogP contribution is 2.28. The Morgan fingerprint density at radius 1 is 1.17 bits per heavy atom. The molecule has 120 valence electrons. The van der Waals surface area contributed by atoms with Crippen molar-refractivity contribution < 1.29 is 4.74 Å². The van der Waals surface area contributed by atoms with Crippen LogP contribution in [0.25, 0.3) is 22.4 Å². The van der Waals surface area contributed by atoms with Crippen molar-refractivity contribution in [2.75, 3.05) is 7.11 Å². The Morgan fingerprint density at radius 2 is 2.08 bits per heavy atom. The van der Waals surface area contributed by atoms with Crippen LogP contribution in [0.15, 0.2) is 54.9 Å². The number of nitrogens with zero attached hydrogens (tertiary/aromatic N) is 3. The molecule has 4 rings (SSSR count). The Labute approximate surface area is 139 Å². The number of aromatic amines is 1. The van der Waals surface area contributed by atoms with Gasteiger partial charge in [0.25, 0.3) is 0 Å². The van der Waals surface area contributed by atoms with Crippen molar-refractivity contribution in [3.8, 4) is 17.1 Å². The summed E-state index contributed by atoms with van der Waals surface area (Å²) in [5.41, 5.74) is 5.35. The molecule has 0 spiro atoms. The molecule has 0 amide bonds. The van der Waals surface area contributed by atoms with Crippen LogP contribution in [0, 0.1) is 6.92 Å². The van der Waals surface area contributed by atoms with Crippen LogP contribution < -0.4 is 4.74 Å². The van der Waals surface area contributed by atoms with Gasteiger partial charge in [0.15, 0.2) is 0 Å². The zero-order chi connectivity index (χ0) is 16.5. The lowest BCUT2D eigenvalue weighted by Crippen LogP contribution is -2.02. The summed E-state index contributed by atoms with van der Waals surface area (Å²) in [6.07, 6.45) is 3.72. The molecule has 5 nitrogen and oxygen atoms in total. The fourth-order valence-corrected chi connectivity index (χ4v) is 2.93. The Bertz CT molecular complexity index is 986. The second-order valence-corrected chi connectivity index (χ2v) is 5.78. The Morgan fingerprint density at radius 3 is 2.83 bits per heavy atom. The van der Waals surface area contributed by atoms with Crippen molar-refractivity contribution in [3.63, 3.8) is 0 Å². The van der Waals surface area contributed by atoms with E-state index in [0.717, 1.165) is 33.7 Å². The highest BCUT2D eigenvalue weighted by Gasteiger charge is 2.11. The molecule has 0 bridgehead atoms. The Hall–Kier alpha value is -3.08. The van der Waals surface area contributed by atoms with Crippen molar-refractivity contribution in [1.29, 1.82) is 0 Å². The number of benzene rings is 2. The van der Waals surface area contributed by atoms with E-state index in [1.165, 1.54) is 5.56 Å². The van der Waals surface area contributed by atoms with Gasteiger partial charge in [-0.2, -0.15) is 5.10 Å². The number of hydrogen-bond donors (Lipinski definition) is 1. The second-order valence-electron chi connectivity index (χ2n) is 5.78. The van der Waals surface area contributed by atoms with Gasteiger partial charge < -0.3 is 9.72 Å². The minimum absolute atomic E-state index is 0.656. The van der Waals surface area contributed by atoms with E-state index in [4.69, 9.17) is 9.72 Å². The molecule has 0 fully saturated rings. The largest absolute Gasteiger partial charge is 0.496 e. The lowest BCUT2D eigenvalue weighted by atomic mass is 10.1. The van der Waals surface area contributed by atoms with Gasteiger partial charge in [0.2, 0.25) is 0 Å². The van der Waals surface area contributed by atoms with Gasteiger partial charge in [0.1, 0.15) is 11.6 Å². The lowest BCUT2D eigenvalue weighted by Gasteiger charge is -2.10. The second kappa shape index (κ2) is 5.85. The predicted octanol–water partition coefficient (Wildman–Crippen LogP) is 3.79. The SMILES string of the molecule is COc1ccc(-c2nc3cccc(C)c3[nH]2)cc1Cn1cccn1. The summed E-state index contributed by atoms with van der Waals surface area (Å²) >= 11 is 0. The molecule has 2 aromatic heterocycles. The van der Waals surface area contributed by atoms with Crippen LogP contribution in [0.5, 0.6) is 5.75 Å². The molecule has 0 radical (unpaired) electrons. The zero-order valence-corrected chi connectivity index (χ0v) is 13.7. The predicted molar refractivity (Wildman–Crippen MR) is 94.1 cm³/mol. The number of H-pyrrole nitrogens is 1. The maximum Gasteiger partial charge on any atom is 0.138 e. The van der Waals surface area contributed by atoms with Gasteiger partial charge in [-0.1, -0.05) is 12.1 Å². The average molecular weight is 318 g/mol. The van der Waals surface area contributed by atoms with Gasteiger partial charge in [-0.15, -0.1) is 0 Å². The van der Waals surface area contributed by atoms with E-state index < -0.39 is 0 Å². The summed E-state index contributed by atoms with van der Waals surface area (Å²) in [7, 11) is 1.69. The van der Waals surface area contributed by atoms with Crippen LogP contribution >= 0.6 is 0 Å². The van der Waals surface area contributed by atoms with E-state index in [9.17, 15) is 0 Å². The van der Waals surface area contributed by atoms with Gasteiger partial charge in [-0.3, -0.25) is 4.68 Å². The first-order valence-electron chi connectivity index (χ1n) is 7.84. The number of para-hydroxylation sites is 1. The zero-order valence-electron chi connectivity index (χ0n) is 13.7. The highest BCUT2D eigenvalue weighted by atomic mass is 16.5. The van der Waals surface area contributed by atoms with Crippen molar-refractivity contribution in [2.45, 2.75) is 13.5 Å². The number of fused-ring (bicyclic) bond motifs is 1. The van der Waals surface area contributed by atoms with Gasteiger partial charge in [0.05, 0.1) is 24.7 Å². The van der Waals surface area contributed by atoms with Crippen LogP contribution in [-0.2, 0) is 6.54 Å². The average Bonchev–Trinajstić information content (AvgIpc) is 3.25. The molecular formula is C19H18N4O. The number of hydrogen-bond acceptors (Lipinski definition) is 3. The first-order valence-corrected chi connectivity index (χ1v) is 7.84. The molecule has 0 aliphatic carbocycles. The molecule has 1 N–H and O–H groups in total. The Balaban J connectivity index is 1.78. The van der Waals surface area contributed by atoms with Crippen molar-refractivity contribution in [1.82, 2.24) is 19.7 Å². The third-order valence-corrected chi connectivity index (χ3v) is 4.17. The number of imidazole rings is 1. The summed E-state index contributed by atoms with van der Waals surface area (Å²) in [5, 5.41) is 4.27. The van der Waals surface area contributed by atoms with Gasteiger partial charge >= 0.3 is 0 Å². The Kier molecular flexibility index (Phi) is 3.54. The third kappa shape index (κ3) is 2.54. The van der Waals surface area contributed by atoms with E-state index in [0.29, 0.717) is 6.54 Å². The molecule has 0 atom stereocenters. The fourth-order valence-electron chi connectivity index (χ4n) is 2.93. The number of methoxy groups -OCH3 is 1. The summed E-state index contributed by atoms with van der Waals surface area (Å²) in [6.45, 7) is 2.74. The summed E-state index contributed by atoms with van der Waals surface area (Å²) < 4.78 is 7.37. The minimum atomic E-state index is 0.656. The molecule has 0 aliphatic rings. The van der Waals surface area contributed by atoms with Gasteiger partial charge in [-0.25, -0.2) is 4.98 Å². The molecule has 2 heterocycles. The normalized spacial score (nSPS) is 11.1. The minimum Gasteiger partial charge on any atom is -0.496 e. The van der Waals surface area contributed by atoms with Crippen LogP contribution in [0.1, 0.15) is 11.1 Å². The molecule has 24 heavy (non-hydrogen) atoms. The number of ether oxygens (including phenoxy) is 1. The van der Waals surface area contributed by atoms with Gasteiger partial charge in [0, 0.05) is 23.5 Å². The smallest absolute Gasteiger partial charge is 0.138 e. The number of rotatable bonds is 4. The number of nitrogens with one attached hydrogen (secondary N) is 1. The molecule has 0 unspecified atom stereocenters. The van der Waals surface area contributed by atoms with E-state index >= 15 is 0 Å². The third-order valence-electron chi connectivity index (χ3n) is 4.17. The lowest BCUT2D eigenvalue weighted by molar-refractivity contribution is 0.407. The number of aromatic nitrogens is 4. The van der Waals surface area contributed by atoms with Crippen molar-refractivity contribution in [2.24, 2.45) is 0 Å². The van der Waals surface area contributed by atoms with Gasteiger partial charge in [-0.05, 0) is 42.8 Å².